The molecule has 0 aromatic heterocycles. The van der Waals surface area contributed by atoms with Crippen molar-refractivity contribution in [3.63, 3.8) is 0 Å². The Bertz CT molecular complexity index is 847. The molecule has 2 amide bonds. The summed E-state index contributed by atoms with van der Waals surface area (Å²) in [4.78, 5) is 27.2. The number of rotatable bonds is 10. The molecule has 0 fully saturated rings. The van der Waals surface area contributed by atoms with Crippen LogP contribution in [0.3, 0.4) is 0 Å². The Morgan fingerprint density at radius 1 is 1.13 bits per heavy atom. The van der Waals surface area contributed by atoms with Crippen molar-refractivity contribution in [3.05, 3.63) is 70.5 Å². The molecule has 0 radical (unpaired) electrons. The summed E-state index contributed by atoms with van der Waals surface area (Å²) in [5, 5.41) is 3.55. The molecular formula is C23H28ClFN2O2S. The minimum atomic E-state index is -0.628. The molecule has 0 saturated heterocycles. The monoisotopic (exact) mass is 450 g/mol. The molecule has 0 aliphatic carbocycles. The van der Waals surface area contributed by atoms with E-state index in [2.05, 4.69) is 5.32 Å². The number of amides is 2. The topological polar surface area (TPSA) is 49.4 Å². The quantitative estimate of drug-likeness (QED) is 0.551. The van der Waals surface area contributed by atoms with Gasteiger partial charge in [0.15, 0.2) is 0 Å². The Labute approximate surface area is 187 Å². The molecule has 7 heteroatoms. The lowest BCUT2D eigenvalue weighted by molar-refractivity contribution is -0.138. The van der Waals surface area contributed by atoms with Gasteiger partial charge in [-0.25, -0.2) is 4.39 Å². The SMILES string of the molecule is CCC(C)NC(=O)C(C)N(Cc1ccc(Cl)cc1)C(=O)CSCc1ccccc1F. The summed E-state index contributed by atoms with van der Waals surface area (Å²) in [5.41, 5.74) is 1.44. The van der Waals surface area contributed by atoms with Crippen molar-refractivity contribution in [1.82, 2.24) is 10.2 Å². The highest BCUT2D eigenvalue weighted by Crippen LogP contribution is 2.18. The van der Waals surface area contributed by atoms with E-state index in [-0.39, 0.29) is 29.4 Å². The molecule has 2 unspecified atom stereocenters. The second-order valence-corrected chi connectivity index (χ2v) is 8.65. The van der Waals surface area contributed by atoms with Gasteiger partial charge in [0.05, 0.1) is 5.75 Å². The van der Waals surface area contributed by atoms with E-state index in [1.807, 2.05) is 26.0 Å². The summed E-state index contributed by atoms with van der Waals surface area (Å²) in [5.74, 6) is -0.0932. The van der Waals surface area contributed by atoms with E-state index in [0.29, 0.717) is 22.9 Å². The molecule has 30 heavy (non-hydrogen) atoms. The molecular weight excluding hydrogens is 423 g/mol. The molecule has 0 heterocycles. The minimum absolute atomic E-state index is 0.0304. The van der Waals surface area contributed by atoms with E-state index in [0.717, 1.165) is 12.0 Å². The van der Waals surface area contributed by atoms with E-state index < -0.39 is 6.04 Å². The van der Waals surface area contributed by atoms with Crippen LogP contribution in [-0.4, -0.2) is 34.6 Å². The average molecular weight is 451 g/mol. The third-order valence-corrected chi connectivity index (χ3v) is 6.09. The van der Waals surface area contributed by atoms with Crippen LogP contribution in [0.4, 0.5) is 4.39 Å². The first-order chi connectivity index (χ1) is 14.3. The highest BCUT2D eigenvalue weighted by atomic mass is 35.5. The largest absolute Gasteiger partial charge is 0.352 e. The first kappa shape index (κ1) is 24.2. The number of nitrogens with zero attached hydrogens (tertiary/aromatic N) is 1. The molecule has 1 N–H and O–H groups in total. The zero-order valence-corrected chi connectivity index (χ0v) is 19.1. The molecule has 4 nitrogen and oxygen atoms in total. The van der Waals surface area contributed by atoms with Gasteiger partial charge in [-0.3, -0.25) is 9.59 Å². The van der Waals surface area contributed by atoms with Crippen LogP contribution < -0.4 is 5.32 Å². The Morgan fingerprint density at radius 2 is 1.80 bits per heavy atom. The Morgan fingerprint density at radius 3 is 2.43 bits per heavy atom. The van der Waals surface area contributed by atoms with Gasteiger partial charge in [0, 0.05) is 23.4 Å². The van der Waals surface area contributed by atoms with Crippen molar-refractivity contribution in [1.29, 1.82) is 0 Å². The fourth-order valence-corrected chi connectivity index (χ4v) is 3.80. The summed E-state index contributed by atoms with van der Waals surface area (Å²) in [6.45, 7) is 5.95. The van der Waals surface area contributed by atoms with Crippen LogP contribution >= 0.6 is 23.4 Å². The molecule has 0 bridgehead atoms. The number of hydrogen-bond acceptors (Lipinski definition) is 3. The van der Waals surface area contributed by atoms with Gasteiger partial charge in [-0.1, -0.05) is 48.9 Å². The highest BCUT2D eigenvalue weighted by Gasteiger charge is 2.26. The first-order valence-corrected chi connectivity index (χ1v) is 11.5. The van der Waals surface area contributed by atoms with Gasteiger partial charge >= 0.3 is 0 Å². The zero-order chi connectivity index (χ0) is 22.1. The Kier molecular flexibility index (Phi) is 9.66. The number of hydrogen-bond donors (Lipinski definition) is 1. The number of benzene rings is 2. The van der Waals surface area contributed by atoms with Gasteiger partial charge in [-0.05, 0) is 49.6 Å². The second-order valence-electron chi connectivity index (χ2n) is 7.23. The predicted molar refractivity (Wildman–Crippen MR) is 122 cm³/mol. The lowest BCUT2D eigenvalue weighted by Crippen LogP contribution is -2.50. The second kappa shape index (κ2) is 12.0. The van der Waals surface area contributed by atoms with E-state index in [4.69, 9.17) is 11.6 Å². The summed E-state index contributed by atoms with van der Waals surface area (Å²) in [6.07, 6.45) is 0.808. The maximum Gasteiger partial charge on any atom is 0.242 e. The summed E-state index contributed by atoms with van der Waals surface area (Å²) >= 11 is 7.29. The van der Waals surface area contributed by atoms with Crippen molar-refractivity contribution in [2.75, 3.05) is 5.75 Å². The van der Waals surface area contributed by atoms with Crippen LogP contribution in [0.15, 0.2) is 48.5 Å². The normalized spacial score (nSPS) is 12.8. The number of carbonyl (C=O) groups is 2. The number of carbonyl (C=O) groups excluding carboxylic acids is 2. The van der Waals surface area contributed by atoms with Crippen LogP contribution in [-0.2, 0) is 21.9 Å². The average Bonchev–Trinajstić information content (AvgIpc) is 2.73. The minimum Gasteiger partial charge on any atom is -0.352 e. The molecule has 0 spiro atoms. The van der Waals surface area contributed by atoms with E-state index in [9.17, 15) is 14.0 Å². The maximum atomic E-state index is 13.8. The third-order valence-electron chi connectivity index (χ3n) is 4.88. The van der Waals surface area contributed by atoms with Gasteiger partial charge < -0.3 is 10.2 Å². The fraction of sp³-hybridized carbons (Fsp3) is 0.391. The molecule has 0 aliphatic rings. The fourth-order valence-electron chi connectivity index (χ4n) is 2.78. The Balaban J connectivity index is 2.08. The number of thioether (sulfide) groups is 1. The molecule has 0 aliphatic heterocycles. The van der Waals surface area contributed by atoms with Crippen molar-refractivity contribution in [2.24, 2.45) is 0 Å². The number of halogens is 2. The number of nitrogens with one attached hydrogen (secondary N) is 1. The van der Waals surface area contributed by atoms with Crippen molar-refractivity contribution in [2.45, 2.75) is 51.6 Å². The molecule has 2 atom stereocenters. The molecule has 162 valence electrons. The highest BCUT2D eigenvalue weighted by molar-refractivity contribution is 7.99. The van der Waals surface area contributed by atoms with Crippen molar-refractivity contribution in [3.8, 4) is 0 Å². The van der Waals surface area contributed by atoms with Crippen molar-refractivity contribution >= 4 is 35.2 Å². The molecule has 2 aromatic rings. The van der Waals surface area contributed by atoms with Gasteiger partial charge in [-0.15, -0.1) is 11.8 Å². The van der Waals surface area contributed by atoms with Gasteiger partial charge in [0.2, 0.25) is 11.8 Å². The Hall–Kier alpha value is -2.05. The molecule has 2 rings (SSSR count). The van der Waals surface area contributed by atoms with Gasteiger partial charge in [-0.2, -0.15) is 0 Å². The summed E-state index contributed by atoms with van der Waals surface area (Å²) in [6, 6.07) is 13.1. The van der Waals surface area contributed by atoms with Gasteiger partial charge in [0.25, 0.3) is 0 Å². The van der Waals surface area contributed by atoms with Crippen LogP contribution in [0.2, 0.25) is 5.02 Å². The maximum absolute atomic E-state index is 13.8. The lowest BCUT2D eigenvalue weighted by atomic mass is 10.1. The van der Waals surface area contributed by atoms with Crippen molar-refractivity contribution < 1.29 is 14.0 Å². The van der Waals surface area contributed by atoms with E-state index in [1.165, 1.54) is 17.8 Å². The van der Waals surface area contributed by atoms with Crippen LogP contribution in [0.25, 0.3) is 0 Å². The molecule has 2 aromatic carbocycles. The predicted octanol–water partition coefficient (Wildman–Crippen LogP) is 5.04. The van der Waals surface area contributed by atoms with Crippen LogP contribution in [0, 0.1) is 5.82 Å². The third kappa shape index (κ3) is 7.33. The van der Waals surface area contributed by atoms with Crippen LogP contribution in [0.5, 0.6) is 0 Å². The van der Waals surface area contributed by atoms with Gasteiger partial charge in [0.1, 0.15) is 11.9 Å². The smallest absolute Gasteiger partial charge is 0.242 e. The zero-order valence-electron chi connectivity index (χ0n) is 17.5. The first-order valence-electron chi connectivity index (χ1n) is 9.97. The summed E-state index contributed by atoms with van der Waals surface area (Å²) in [7, 11) is 0. The standard InChI is InChI=1S/C23H28ClFN2O2S/c1-4-16(2)26-23(29)17(3)27(13-18-9-11-20(24)12-10-18)22(28)15-30-14-19-7-5-6-8-21(19)25/h5-12,16-17H,4,13-15H2,1-3H3,(H,26,29). The summed E-state index contributed by atoms with van der Waals surface area (Å²) < 4.78 is 13.8. The van der Waals surface area contributed by atoms with E-state index >= 15 is 0 Å². The van der Waals surface area contributed by atoms with E-state index in [1.54, 1.807) is 42.2 Å². The van der Waals surface area contributed by atoms with Crippen LogP contribution in [0.1, 0.15) is 38.3 Å². The molecule has 0 saturated carbocycles. The lowest BCUT2D eigenvalue weighted by Gasteiger charge is -2.29.